The molecule has 2 unspecified atom stereocenters. The molecule has 1 amide bonds. The van der Waals surface area contributed by atoms with Crippen molar-refractivity contribution < 1.29 is 9.90 Å². The highest BCUT2D eigenvalue weighted by Gasteiger charge is 2.22. The summed E-state index contributed by atoms with van der Waals surface area (Å²) in [6.07, 6.45) is 4.13. The van der Waals surface area contributed by atoms with Gasteiger partial charge in [-0.3, -0.25) is 9.78 Å². The van der Waals surface area contributed by atoms with E-state index < -0.39 is 0 Å². The standard InChI is InChI=1S/C15H24N2O2/c1-11(12-6-5-7-16-9-12)14(19)17-13(10-18)8-15(2,3)4/h5-7,9,11,13,18H,8,10H2,1-4H3,(H,17,19). The Bertz CT molecular complexity index is 398. The highest BCUT2D eigenvalue weighted by Crippen LogP contribution is 2.21. The summed E-state index contributed by atoms with van der Waals surface area (Å²) in [5.74, 6) is -0.334. The quantitative estimate of drug-likeness (QED) is 0.856. The summed E-state index contributed by atoms with van der Waals surface area (Å²) in [7, 11) is 0. The number of aromatic nitrogens is 1. The van der Waals surface area contributed by atoms with Gasteiger partial charge in [0.15, 0.2) is 0 Å². The fraction of sp³-hybridized carbons (Fsp3) is 0.600. The molecule has 0 bridgehead atoms. The normalized spacial score (nSPS) is 14.8. The van der Waals surface area contributed by atoms with Gasteiger partial charge in [0.1, 0.15) is 0 Å². The van der Waals surface area contributed by atoms with Gasteiger partial charge < -0.3 is 10.4 Å². The molecule has 1 aromatic heterocycles. The third-order valence-corrected chi connectivity index (χ3v) is 3.00. The van der Waals surface area contributed by atoms with Crippen LogP contribution in [0.25, 0.3) is 0 Å². The second-order valence-corrected chi connectivity index (χ2v) is 6.16. The highest BCUT2D eigenvalue weighted by molar-refractivity contribution is 5.83. The molecule has 2 N–H and O–H groups in total. The number of nitrogens with one attached hydrogen (secondary N) is 1. The predicted octanol–water partition coefficient (Wildman–Crippen LogP) is 2.10. The molecular weight excluding hydrogens is 240 g/mol. The van der Waals surface area contributed by atoms with Crippen molar-refractivity contribution in [3.8, 4) is 0 Å². The summed E-state index contributed by atoms with van der Waals surface area (Å²) in [6.45, 7) is 8.08. The Morgan fingerprint density at radius 2 is 2.16 bits per heavy atom. The van der Waals surface area contributed by atoms with Crippen LogP contribution in [0.4, 0.5) is 0 Å². The summed E-state index contributed by atoms with van der Waals surface area (Å²) < 4.78 is 0. The number of hydrogen-bond acceptors (Lipinski definition) is 3. The van der Waals surface area contributed by atoms with Gasteiger partial charge >= 0.3 is 0 Å². The van der Waals surface area contributed by atoms with Crippen molar-refractivity contribution >= 4 is 5.91 Å². The molecular formula is C15H24N2O2. The van der Waals surface area contributed by atoms with E-state index in [4.69, 9.17) is 0 Å². The van der Waals surface area contributed by atoms with Crippen LogP contribution in [0, 0.1) is 5.41 Å². The number of hydrogen-bond donors (Lipinski definition) is 2. The molecule has 0 aliphatic rings. The zero-order valence-corrected chi connectivity index (χ0v) is 12.2. The first-order valence-electron chi connectivity index (χ1n) is 6.64. The molecule has 0 aliphatic carbocycles. The first-order chi connectivity index (χ1) is 8.83. The Hall–Kier alpha value is -1.42. The molecule has 1 heterocycles. The number of nitrogens with zero attached hydrogens (tertiary/aromatic N) is 1. The number of aliphatic hydroxyl groups excluding tert-OH is 1. The lowest BCUT2D eigenvalue weighted by atomic mass is 9.88. The number of aliphatic hydroxyl groups is 1. The van der Waals surface area contributed by atoms with Crippen LogP contribution >= 0.6 is 0 Å². The number of carbonyl (C=O) groups excluding carboxylic acids is 1. The third-order valence-electron chi connectivity index (χ3n) is 3.00. The summed E-state index contributed by atoms with van der Waals surface area (Å²) in [6, 6.07) is 3.50. The summed E-state index contributed by atoms with van der Waals surface area (Å²) >= 11 is 0. The summed E-state index contributed by atoms with van der Waals surface area (Å²) in [4.78, 5) is 16.2. The van der Waals surface area contributed by atoms with Crippen LogP contribution in [0.2, 0.25) is 0 Å². The van der Waals surface area contributed by atoms with Gasteiger partial charge in [-0.25, -0.2) is 0 Å². The molecule has 0 aromatic carbocycles. The average Bonchev–Trinajstić information content (AvgIpc) is 2.36. The van der Waals surface area contributed by atoms with E-state index in [9.17, 15) is 9.90 Å². The lowest BCUT2D eigenvalue weighted by Crippen LogP contribution is -2.41. The minimum atomic E-state index is -0.261. The predicted molar refractivity (Wildman–Crippen MR) is 75.7 cm³/mol. The SMILES string of the molecule is CC(C(=O)NC(CO)CC(C)(C)C)c1cccnc1. The number of pyridine rings is 1. The van der Waals surface area contributed by atoms with E-state index >= 15 is 0 Å². The number of amides is 1. The van der Waals surface area contributed by atoms with E-state index in [0.29, 0.717) is 0 Å². The van der Waals surface area contributed by atoms with Crippen molar-refractivity contribution in [2.24, 2.45) is 5.41 Å². The van der Waals surface area contributed by atoms with Crippen LogP contribution in [0.1, 0.15) is 45.6 Å². The Kier molecular flexibility index (Phi) is 5.48. The van der Waals surface area contributed by atoms with Crippen LogP contribution < -0.4 is 5.32 Å². The minimum absolute atomic E-state index is 0.0389. The van der Waals surface area contributed by atoms with Gasteiger partial charge in [-0.2, -0.15) is 0 Å². The van der Waals surface area contributed by atoms with Crippen molar-refractivity contribution in [3.63, 3.8) is 0 Å². The van der Waals surface area contributed by atoms with Gasteiger partial charge in [0, 0.05) is 12.4 Å². The molecule has 0 saturated heterocycles. The first-order valence-corrected chi connectivity index (χ1v) is 6.64. The Labute approximate surface area is 115 Å². The molecule has 0 radical (unpaired) electrons. The minimum Gasteiger partial charge on any atom is -0.394 e. The van der Waals surface area contributed by atoms with Crippen molar-refractivity contribution in [2.45, 2.75) is 46.1 Å². The molecule has 0 spiro atoms. The van der Waals surface area contributed by atoms with Crippen LogP contribution in [0.3, 0.4) is 0 Å². The molecule has 106 valence electrons. The van der Waals surface area contributed by atoms with Crippen molar-refractivity contribution in [2.75, 3.05) is 6.61 Å². The Morgan fingerprint density at radius 3 is 2.63 bits per heavy atom. The van der Waals surface area contributed by atoms with Crippen molar-refractivity contribution in [3.05, 3.63) is 30.1 Å². The topological polar surface area (TPSA) is 62.2 Å². The Morgan fingerprint density at radius 1 is 1.47 bits per heavy atom. The van der Waals surface area contributed by atoms with E-state index in [0.717, 1.165) is 12.0 Å². The third kappa shape index (κ3) is 5.39. The smallest absolute Gasteiger partial charge is 0.227 e. The van der Waals surface area contributed by atoms with Crippen LogP contribution in [0.5, 0.6) is 0 Å². The summed E-state index contributed by atoms with van der Waals surface area (Å²) in [5.41, 5.74) is 0.950. The largest absolute Gasteiger partial charge is 0.394 e. The molecule has 4 heteroatoms. The van der Waals surface area contributed by atoms with E-state index in [1.165, 1.54) is 0 Å². The van der Waals surface area contributed by atoms with Gasteiger partial charge in [0.2, 0.25) is 5.91 Å². The number of rotatable bonds is 5. The lowest BCUT2D eigenvalue weighted by Gasteiger charge is -2.26. The van der Waals surface area contributed by atoms with Crippen LogP contribution in [0.15, 0.2) is 24.5 Å². The second-order valence-electron chi connectivity index (χ2n) is 6.16. The zero-order valence-electron chi connectivity index (χ0n) is 12.2. The zero-order chi connectivity index (χ0) is 14.5. The Balaban J connectivity index is 2.63. The average molecular weight is 264 g/mol. The molecule has 4 nitrogen and oxygen atoms in total. The molecule has 0 fully saturated rings. The molecule has 0 aliphatic heterocycles. The van der Waals surface area contributed by atoms with Crippen LogP contribution in [-0.4, -0.2) is 28.6 Å². The molecule has 0 saturated carbocycles. The molecule has 19 heavy (non-hydrogen) atoms. The van der Waals surface area contributed by atoms with E-state index in [2.05, 4.69) is 31.1 Å². The van der Waals surface area contributed by atoms with E-state index in [1.54, 1.807) is 12.4 Å². The van der Waals surface area contributed by atoms with Gasteiger partial charge in [-0.05, 0) is 30.4 Å². The molecule has 2 atom stereocenters. The summed E-state index contributed by atoms with van der Waals surface area (Å²) in [5, 5.41) is 12.3. The fourth-order valence-electron chi connectivity index (χ4n) is 2.01. The van der Waals surface area contributed by atoms with Gasteiger partial charge in [-0.15, -0.1) is 0 Å². The second kappa shape index (κ2) is 6.66. The van der Waals surface area contributed by atoms with Gasteiger partial charge in [0.05, 0.1) is 18.6 Å². The maximum Gasteiger partial charge on any atom is 0.227 e. The fourth-order valence-corrected chi connectivity index (χ4v) is 2.01. The molecule has 1 rings (SSSR count). The van der Waals surface area contributed by atoms with E-state index in [-0.39, 0.29) is 29.9 Å². The monoisotopic (exact) mass is 264 g/mol. The van der Waals surface area contributed by atoms with E-state index in [1.807, 2.05) is 19.1 Å². The lowest BCUT2D eigenvalue weighted by molar-refractivity contribution is -0.123. The first kappa shape index (κ1) is 15.6. The maximum atomic E-state index is 12.1. The van der Waals surface area contributed by atoms with Crippen LogP contribution in [-0.2, 0) is 4.79 Å². The maximum absolute atomic E-state index is 12.1. The highest BCUT2D eigenvalue weighted by atomic mass is 16.3. The number of carbonyl (C=O) groups is 1. The van der Waals surface area contributed by atoms with Gasteiger partial charge in [0.25, 0.3) is 0 Å². The van der Waals surface area contributed by atoms with Crippen molar-refractivity contribution in [1.82, 2.24) is 10.3 Å². The van der Waals surface area contributed by atoms with Gasteiger partial charge in [-0.1, -0.05) is 26.8 Å². The molecule has 1 aromatic rings. The van der Waals surface area contributed by atoms with Crippen molar-refractivity contribution in [1.29, 1.82) is 0 Å².